The number of urea groups is 1. The molecule has 0 aliphatic carbocycles. The smallest absolute Gasteiger partial charge is 0.321 e. The number of aliphatic imine (C=N–C) groups is 1. The highest BCUT2D eigenvalue weighted by Gasteiger charge is 2.46. The Morgan fingerprint density at radius 2 is 1.89 bits per heavy atom. The van der Waals surface area contributed by atoms with Crippen LogP contribution in [0.25, 0.3) is 0 Å². The Balaban J connectivity index is 1.63. The number of anilines is 1. The number of amidine groups is 1. The number of amides is 3. The van der Waals surface area contributed by atoms with Crippen LogP contribution in [0.5, 0.6) is 0 Å². The maximum atomic E-state index is 12.7. The maximum Gasteiger partial charge on any atom is 0.321 e. The number of carbonyl (C=O) groups is 2. The van der Waals surface area contributed by atoms with Crippen molar-refractivity contribution in [3.05, 3.63) is 29.8 Å². The van der Waals surface area contributed by atoms with E-state index in [4.69, 9.17) is 4.99 Å². The summed E-state index contributed by atoms with van der Waals surface area (Å²) in [5.41, 5.74) is 1.29. The fourth-order valence-electron chi connectivity index (χ4n) is 3.79. The molecule has 1 saturated heterocycles. The second kappa shape index (κ2) is 7.71. The van der Waals surface area contributed by atoms with Crippen LogP contribution in [0.3, 0.4) is 0 Å². The summed E-state index contributed by atoms with van der Waals surface area (Å²) >= 11 is 0. The Morgan fingerprint density at radius 3 is 2.52 bits per heavy atom. The van der Waals surface area contributed by atoms with E-state index >= 15 is 0 Å². The Kier molecular flexibility index (Phi) is 5.53. The van der Waals surface area contributed by atoms with Gasteiger partial charge in [0.1, 0.15) is 11.4 Å². The molecule has 0 atom stereocenters. The molecule has 27 heavy (non-hydrogen) atoms. The van der Waals surface area contributed by atoms with Gasteiger partial charge in [0, 0.05) is 25.2 Å². The number of para-hydroxylation sites is 1. The maximum absolute atomic E-state index is 12.7. The van der Waals surface area contributed by atoms with Crippen molar-refractivity contribution >= 4 is 23.5 Å². The van der Waals surface area contributed by atoms with Gasteiger partial charge in [-0.1, -0.05) is 45.9 Å². The van der Waals surface area contributed by atoms with Gasteiger partial charge in [0.2, 0.25) is 0 Å². The number of nitrogens with one attached hydrogen (secondary N) is 2. The van der Waals surface area contributed by atoms with E-state index in [1.165, 1.54) is 0 Å². The number of hydrogen-bond acceptors (Lipinski definition) is 3. The minimum Gasteiger partial charge on any atom is -0.324 e. The van der Waals surface area contributed by atoms with Crippen molar-refractivity contribution in [3.8, 4) is 0 Å². The molecule has 0 saturated carbocycles. The third-order valence-electron chi connectivity index (χ3n) is 5.33. The van der Waals surface area contributed by atoms with E-state index in [1.54, 1.807) is 4.90 Å². The summed E-state index contributed by atoms with van der Waals surface area (Å²) in [6.45, 7) is 9.51. The molecule has 0 unspecified atom stereocenters. The second-order valence-corrected chi connectivity index (χ2v) is 8.30. The van der Waals surface area contributed by atoms with Crippen LogP contribution in [-0.2, 0) is 4.79 Å². The van der Waals surface area contributed by atoms with Crippen molar-refractivity contribution in [2.75, 3.05) is 18.4 Å². The van der Waals surface area contributed by atoms with Crippen molar-refractivity contribution in [1.82, 2.24) is 10.2 Å². The Hall–Kier alpha value is -2.37. The molecule has 2 heterocycles. The highest BCUT2D eigenvalue weighted by Crippen LogP contribution is 2.31. The minimum absolute atomic E-state index is 0.0108. The summed E-state index contributed by atoms with van der Waals surface area (Å²) in [5.74, 6) is 1.57. The molecule has 6 nitrogen and oxygen atoms in total. The zero-order valence-electron chi connectivity index (χ0n) is 16.7. The summed E-state index contributed by atoms with van der Waals surface area (Å²) in [6, 6.07) is 7.79. The first-order chi connectivity index (χ1) is 12.8. The van der Waals surface area contributed by atoms with E-state index in [2.05, 4.69) is 38.3 Å². The van der Waals surface area contributed by atoms with Gasteiger partial charge in [-0.3, -0.25) is 9.79 Å². The average Bonchev–Trinajstić information content (AvgIpc) is 2.89. The summed E-state index contributed by atoms with van der Waals surface area (Å²) < 4.78 is 0. The highest BCUT2D eigenvalue weighted by molar-refractivity contribution is 6.08. The normalized spacial score (nSPS) is 18.8. The molecular weight excluding hydrogens is 340 g/mol. The first-order valence-corrected chi connectivity index (χ1v) is 9.86. The zero-order chi connectivity index (χ0) is 19.6. The predicted molar refractivity (Wildman–Crippen MR) is 108 cm³/mol. The topological polar surface area (TPSA) is 73.8 Å². The number of benzene rings is 1. The molecule has 3 amide bonds. The standard InChI is InChI=1S/C21H30N4O2/c1-14(2)13-18-23-19(26)21(24-18)9-11-25(12-10-21)20(27)22-17-8-6-5-7-16(17)15(3)4/h5-8,14-15H,9-13H2,1-4H3,(H,22,27)(H,23,24,26). The quantitative estimate of drug-likeness (QED) is 0.847. The number of likely N-dealkylation sites (tertiary alicyclic amines) is 1. The summed E-state index contributed by atoms with van der Waals surface area (Å²) in [5, 5.41) is 5.98. The highest BCUT2D eigenvalue weighted by atomic mass is 16.2. The fraction of sp³-hybridized carbons (Fsp3) is 0.571. The van der Waals surface area contributed by atoms with Gasteiger partial charge in [0.25, 0.3) is 5.91 Å². The zero-order valence-corrected chi connectivity index (χ0v) is 16.7. The van der Waals surface area contributed by atoms with Gasteiger partial charge in [-0.2, -0.15) is 0 Å². The molecule has 0 bridgehead atoms. The van der Waals surface area contributed by atoms with Crippen LogP contribution < -0.4 is 10.6 Å². The van der Waals surface area contributed by atoms with Crippen molar-refractivity contribution in [3.63, 3.8) is 0 Å². The van der Waals surface area contributed by atoms with Crippen molar-refractivity contribution < 1.29 is 9.59 Å². The summed E-state index contributed by atoms with van der Waals surface area (Å²) in [4.78, 5) is 31.7. The van der Waals surface area contributed by atoms with Gasteiger partial charge >= 0.3 is 6.03 Å². The van der Waals surface area contributed by atoms with Gasteiger partial charge in [-0.05, 0) is 36.3 Å². The predicted octanol–water partition coefficient (Wildman–Crippen LogP) is 3.75. The molecule has 1 aromatic rings. The van der Waals surface area contributed by atoms with Crippen molar-refractivity contribution in [1.29, 1.82) is 0 Å². The molecule has 2 N–H and O–H groups in total. The molecule has 146 valence electrons. The van der Waals surface area contributed by atoms with Crippen molar-refractivity contribution in [2.45, 2.75) is 58.4 Å². The van der Waals surface area contributed by atoms with Gasteiger partial charge in [0.15, 0.2) is 0 Å². The summed E-state index contributed by atoms with van der Waals surface area (Å²) in [6.07, 6.45) is 1.92. The van der Waals surface area contributed by atoms with E-state index in [0.717, 1.165) is 23.5 Å². The molecule has 1 fully saturated rings. The Morgan fingerprint density at radius 1 is 1.22 bits per heavy atom. The second-order valence-electron chi connectivity index (χ2n) is 8.30. The molecule has 0 aromatic heterocycles. The molecule has 1 aromatic carbocycles. The number of nitrogens with zero attached hydrogens (tertiary/aromatic N) is 2. The lowest BCUT2D eigenvalue weighted by atomic mass is 9.88. The van der Waals surface area contributed by atoms with E-state index in [9.17, 15) is 9.59 Å². The fourth-order valence-corrected chi connectivity index (χ4v) is 3.79. The van der Waals surface area contributed by atoms with Crippen LogP contribution >= 0.6 is 0 Å². The van der Waals surface area contributed by atoms with E-state index in [1.807, 2.05) is 24.3 Å². The van der Waals surface area contributed by atoms with Crippen LogP contribution in [0.1, 0.15) is 58.4 Å². The monoisotopic (exact) mass is 370 g/mol. The molecule has 1 spiro atoms. The number of carbonyl (C=O) groups excluding carboxylic acids is 2. The number of piperidine rings is 1. The van der Waals surface area contributed by atoms with Gasteiger partial charge in [0.05, 0.1) is 0 Å². The van der Waals surface area contributed by atoms with E-state index < -0.39 is 5.54 Å². The van der Waals surface area contributed by atoms with Gasteiger partial charge in [-0.25, -0.2) is 4.79 Å². The first kappa shape index (κ1) is 19.4. The van der Waals surface area contributed by atoms with Gasteiger partial charge < -0.3 is 15.5 Å². The van der Waals surface area contributed by atoms with Crippen LogP contribution in [0.15, 0.2) is 29.3 Å². The van der Waals surface area contributed by atoms with Crippen molar-refractivity contribution in [2.24, 2.45) is 10.9 Å². The molecule has 0 radical (unpaired) electrons. The summed E-state index contributed by atoms with van der Waals surface area (Å²) in [7, 11) is 0. The molecule has 2 aliphatic heterocycles. The average molecular weight is 370 g/mol. The lowest BCUT2D eigenvalue weighted by Gasteiger charge is -2.35. The molecule has 2 aliphatic rings. The van der Waals surface area contributed by atoms with E-state index in [-0.39, 0.29) is 11.9 Å². The lowest BCUT2D eigenvalue weighted by Crippen LogP contribution is -2.51. The van der Waals surface area contributed by atoms with Gasteiger partial charge in [-0.15, -0.1) is 0 Å². The SMILES string of the molecule is CC(C)CC1=NC2(CCN(C(=O)Nc3ccccc3C(C)C)CC2)C(=O)N1. The van der Waals surface area contributed by atoms with E-state index in [0.29, 0.717) is 37.8 Å². The van der Waals surface area contributed by atoms with Crippen LogP contribution in [0, 0.1) is 5.92 Å². The molecule has 3 rings (SSSR count). The third kappa shape index (κ3) is 4.15. The minimum atomic E-state index is -0.684. The molecular formula is C21H30N4O2. The Bertz CT molecular complexity index is 746. The largest absolute Gasteiger partial charge is 0.324 e. The lowest BCUT2D eigenvalue weighted by molar-refractivity contribution is -0.125. The Labute approximate surface area is 161 Å². The third-order valence-corrected chi connectivity index (χ3v) is 5.33. The van der Waals surface area contributed by atoms with Crippen LogP contribution in [-0.4, -0.2) is 41.3 Å². The number of hydrogen-bond donors (Lipinski definition) is 2. The van der Waals surface area contributed by atoms with Crippen LogP contribution in [0.4, 0.5) is 10.5 Å². The van der Waals surface area contributed by atoms with Crippen LogP contribution in [0.2, 0.25) is 0 Å². The molecule has 6 heteroatoms. The first-order valence-electron chi connectivity index (χ1n) is 9.86. The number of rotatable bonds is 4.